The normalized spacial score (nSPS) is 14.0. The van der Waals surface area contributed by atoms with E-state index in [9.17, 15) is 4.79 Å². The van der Waals surface area contributed by atoms with Crippen molar-refractivity contribution >= 4 is 17.3 Å². The molecule has 0 atom stereocenters. The van der Waals surface area contributed by atoms with Gasteiger partial charge in [-0.05, 0) is 61.1 Å². The van der Waals surface area contributed by atoms with Crippen LogP contribution >= 0.6 is 0 Å². The molecule has 0 bridgehead atoms. The molecule has 1 aliphatic carbocycles. The van der Waals surface area contributed by atoms with Gasteiger partial charge in [-0.2, -0.15) is 0 Å². The zero-order valence-corrected chi connectivity index (χ0v) is 12.4. The van der Waals surface area contributed by atoms with E-state index in [0.717, 1.165) is 29.7 Å². The summed E-state index contributed by atoms with van der Waals surface area (Å²) in [5.74, 6) is 0.0598. The molecule has 0 spiro atoms. The lowest BCUT2D eigenvalue weighted by Crippen LogP contribution is -2.23. The van der Waals surface area contributed by atoms with Crippen molar-refractivity contribution in [1.29, 1.82) is 0 Å². The summed E-state index contributed by atoms with van der Waals surface area (Å²) in [6, 6.07) is 12.1. The Morgan fingerprint density at radius 3 is 2.29 bits per heavy atom. The maximum atomic E-state index is 12.5. The third kappa shape index (κ3) is 2.64. The molecule has 3 N–H and O–H groups in total. The summed E-state index contributed by atoms with van der Waals surface area (Å²) in [5, 5.41) is 2.99. The van der Waals surface area contributed by atoms with Crippen LogP contribution < -0.4 is 11.1 Å². The molecule has 0 saturated heterocycles. The summed E-state index contributed by atoms with van der Waals surface area (Å²) in [7, 11) is 0. The van der Waals surface area contributed by atoms with Crippen LogP contribution in [0.5, 0.6) is 0 Å². The first-order chi connectivity index (χ1) is 10.0. The van der Waals surface area contributed by atoms with Crippen molar-refractivity contribution in [2.24, 2.45) is 5.92 Å². The molecule has 3 rings (SSSR count). The Hall–Kier alpha value is -2.29. The van der Waals surface area contributed by atoms with E-state index in [4.69, 9.17) is 5.73 Å². The van der Waals surface area contributed by atoms with Crippen LogP contribution in [0.3, 0.4) is 0 Å². The number of carbonyl (C=O) groups excluding carboxylic acids is 1. The quantitative estimate of drug-likeness (QED) is 0.830. The minimum Gasteiger partial charge on any atom is -0.397 e. The average Bonchev–Trinajstić information content (AvgIpc) is 2.88. The van der Waals surface area contributed by atoms with Gasteiger partial charge in [0.1, 0.15) is 0 Å². The van der Waals surface area contributed by atoms with Crippen molar-refractivity contribution in [3.63, 3.8) is 0 Å². The number of benzene rings is 2. The van der Waals surface area contributed by atoms with Gasteiger partial charge in [0, 0.05) is 5.92 Å². The van der Waals surface area contributed by atoms with E-state index >= 15 is 0 Å². The fourth-order valence-corrected chi connectivity index (χ4v) is 2.93. The molecule has 0 aliphatic heterocycles. The molecule has 0 unspecified atom stereocenters. The Kier molecular flexibility index (Phi) is 3.42. The van der Waals surface area contributed by atoms with Crippen LogP contribution in [0.2, 0.25) is 0 Å². The molecule has 0 aromatic heterocycles. The fourth-order valence-electron chi connectivity index (χ4n) is 2.93. The van der Waals surface area contributed by atoms with Crippen LogP contribution in [0.15, 0.2) is 36.4 Å². The van der Waals surface area contributed by atoms with Crippen molar-refractivity contribution in [2.75, 3.05) is 11.1 Å². The Morgan fingerprint density at radius 2 is 1.67 bits per heavy atom. The van der Waals surface area contributed by atoms with Crippen molar-refractivity contribution in [3.05, 3.63) is 58.7 Å². The number of aryl methyl sites for hydroxylation is 2. The van der Waals surface area contributed by atoms with Crippen LogP contribution in [-0.4, -0.2) is 5.91 Å². The van der Waals surface area contributed by atoms with Crippen LogP contribution in [0.4, 0.5) is 11.4 Å². The number of nitrogens with one attached hydrogen (secondary N) is 1. The van der Waals surface area contributed by atoms with E-state index in [0.29, 0.717) is 5.69 Å². The van der Waals surface area contributed by atoms with Gasteiger partial charge >= 0.3 is 0 Å². The second-order valence-corrected chi connectivity index (χ2v) is 5.89. The summed E-state index contributed by atoms with van der Waals surface area (Å²) < 4.78 is 0. The first-order valence-corrected chi connectivity index (χ1v) is 7.29. The van der Waals surface area contributed by atoms with Crippen LogP contribution in [0, 0.1) is 19.8 Å². The smallest absolute Gasteiger partial charge is 0.228 e. The number of rotatable bonds is 2. The second kappa shape index (κ2) is 5.24. The predicted molar refractivity (Wildman–Crippen MR) is 86.3 cm³/mol. The third-order valence-electron chi connectivity index (χ3n) is 4.35. The Labute approximate surface area is 125 Å². The number of amides is 1. The summed E-state index contributed by atoms with van der Waals surface area (Å²) in [5.41, 5.74) is 12.2. The molecule has 0 fully saturated rings. The van der Waals surface area contributed by atoms with E-state index in [1.54, 1.807) is 0 Å². The van der Waals surface area contributed by atoms with Crippen molar-refractivity contribution in [3.8, 4) is 0 Å². The maximum Gasteiger partial charge on any atom is 0.228 e. The van der Waals surface area contributed by atoms with Gasteiger partial charge in [0.05, 0.1) is 11.4 Å². The van der Waals surface area contributed by atoms with Crippen LogP contribution in [0.1, 0.15) is 22.3 Å². The van der Waals surface area contributed by atoms with Crippen molar-refractivity contribution in [2.45, 2.75) is 26.7 Å². The lowest BCUT2D eigenvalue weighted by molar-refractivity contribution is -0.119. The minimum atomic E-state index is 0.00316. The van der Waals surface area contributed by atoms with Gasteiger partial charge in [-0.3, -0.25) is 4.79 Å². The molecular weight excluding hydrogens is 260 g/mol. The van der Waals surface area contributed by atoms with Crippen molar-refractivity contribution in [1.82, 2.24) is 0 Å². The number of anilines is 2. The second-order valence-electron chi connectivity index (χ2n) is 5.89. The molecule has 2 aromatic carbocycles. The largest absolute Gasteiger partial charge is 0.397 e. The molecule has 0 saturated carbocycles. The number of hydrogen-bond acceptors (Lipinski definition) is 2. The monoisotopic (exact) mass is 280 g/mol. The lowest BCUT2D eigenvalue weighted by atomic mass is 10.0. The van der Waals surface area contributed by atoms with Crippen molar-refractivity contribution < 1.29 is 4.79 Å². The molecule has 0 heterocycles. The third-order valence-corrected chi connectivity index (χ3v) is 4.35. The fraction of sp³-hybridized carbons (Fsp3) is 0.278. The van der Waals surface area contributed by atoms with E-state index in [-0.39, 0.29) is 11.8 Å². The highest BCUT2D eigenvalue weighted by Crippen LogP contribution is 2.29. The molecule has 3 nitrogen and oxygen atoms in total. The van der Waals surface area contributed by atoms with Crippen LogP contribution in [0.25, 0.3) is 0 Å². The minimum absolute atomic E-state index is 0.00316. The Morgan fingerprint density at radius 1 is 1.10 bits per heavy atom. The summed E-state index contributed by atoms with van der Waals surface area (Å²) in [6.07, 6.45) is 1.62. The highest BCUT2D eigenvalue weighted by Gasteiger charge is 2.27. The SMILES string of the molecule is Cc1cc(N)c(NC(=O)C2Cc3ccccc3C2)cc1C. The molecule has 21 heavy (non-hydrogen) atoms. The highest BCUT2D eigenvalue weighted by atomic mass is 16.1. The van der Waals surface area contributed by atoms with Gasteiger partial charge in [0.25, 0.3) is 0 Å². The van der Waals surface area contributed by atoms with Gasteiger partial charge in [0.2, 0.25) is 5.91 Å². The molecule has 3 heteroatoms. The number of carbonyl (C=O) groups is 1. The Bertz CT molecular complexity index is 681. The Balaban J connectivity index is 1.75. The van der Waals surface area contributed by atoms with Gasteiger partial charge in [-0.15, -0.1) is 0 Å². The van der Waals surface area contributed by atoms with Gasteiger partial charge in [-0.1, -0.05) is 24.3 Å². The number of hydrogen-bond donors (Lipinski definition) is 2. The molecule has 0 radical (unpaired) electrons. The predicted octanol–water partition coefficient (Wildman–Crippen LogP) is 3.24. The maximum absolute atomic E-state index is 12.5. The summed E-state index contributed by atoms with van der Waals surface area (Å²) in [4.78, 5) is 12.5. The highest BCUT2D eigenvalue weighted by molar-refractivity contribution is 5.96. The number of fused-ring (bicyclic) bond motifs is 1. The summed E-state index contributed by atoms with van der Waals surface area (Å²) >= 11 is 0. The lowest BCUT2D eigenvalue weighted by Gasteiger charge is -2.14. The topological polar surface area (TPSA) is 55.1 Å². The zero-order chi connectivity index (χ0) is 15.0. The van der Waals surface area contributed by atoms with Gasteiger partial charge in [0.15, 0.2) is 0 Å². The molecule has 1 amide bonds. The van der Waals surface area contributed by atoms with E-state index in [2.05, 4.69) is 17.4 Å². The molecule has 1 aliphatic rings. The first-order valence-electron chi connectivity index (χ1n) is 7.29. The zero-order valence-electron chi connectivity index (χ0n) is 12.4. The first kappa shape index (κ1) is 13.7. The summed E-state index contributed by atoms with van der Waals surface area (Å²) in [6.45, 7) is 4.04. The van der Waals surface area contributed by atoms with Gasteiger partial charge in [-0.25, -0.2) is 0 Å². The number of nitrogens with two attached hydrogens (primary N) is 1. The molecule has 108 valence electrons. The number of nitrogen functional groups attached to an aromatic ring is 1. The van der Waals surface area contributed by atoms with Crippen LogP contribution in [-0.2, 0) is 17.6 Å². The standard InChI is InChI=1S/C18H20N2O/c1-11-7-16(19)17(8-12(11)2)20-18(21)15-9-13-5-3-4-6-14(13)10-15/h3-8,15H,9-10,19H2,1-2H3,(H,20,21). The van der Waals surface area contributed by atoms with E-state index in [1.807, 2.05) is 38.1 Å². The van der Waals surface area contributed by atoms with E-state index in [1.165, 1.54) is 11.1 Å². The van der Waals surface area contributed by atoms with Gasteiger partial charge < -0.3 is 11.1 Å². The molecule has 2 aromatic rings. The average molecular weight is 280 g/mol. The van der Waals surface area contributed by atoms with E-state index < -0.39 is 0 Å². The molecular formula is C18H20N2O.